The van der Waals surface area contributed by atoms with Gasteiger partial charge in [-0.15, -0.1) is 0 Å². The third-order valence-electron chi connectivity index (χ3n) is 6.77. The number of amides is 2. The Kier molecular flexibility index (Phi) is 6.40. The van der Waals surface area contributed by atoms with Crippen molar-refractivity contribution >= 4 is 34.3 Å². The van der Waals surface area contributed by atoms with Crippen LogP contribution in [0.1, 0.15) is 38.2 Å². The van der Waals surface area contributed by atoms with E-state index >= 15 is 0 Å². The van der Waals surface area contributed by atoms with E-state index in [1.807, 2.05) is 43.3 Å². The number of hydrogen-bond acceptors (Lipinski definition) is 6. The van der Waals surface area contributed by atoms with Crippen molar-refractivity contribution in [1.29, 1.82) is 0 Å². The summed E-state index contributed by atoms with van der Waals surface area (Å²) in [6.45, 7) is 5.07. The summed E-state index contributed by atoms with van der Waals surface area (Å²) in [5.74, 6) is 0.468. The number of nitrogens with one attached hydrogen (secondary N) is 1. The van der Waals surface area contributed by atoms with Crippen LogP contribution in [0.4, 0.5) is 16.2 Å². The molecule has 2 aliphatic rings. The van der Waals surface area contributed by atoms with Gasteiger partial charge in [-0.3, -0.25) is 14.7 Å². The maximum atomic E-state index is 13.4. The van der Waals surface area contributed by atoms with Crippen LogP contribution in [-0.4, -0.2) is 48.7 Å². The second-order valence-corrected chi connectivity index (χ2v) is 9.44. The van der Waals surface area contributed by atoms with Crippen molar-refractivity contribution in [2.45, 2.75) is 44.7 Å². The molecule has 0 saturated heterocycles. The fourth-order valence-corrected chi connectivity index (χ4v) is 4.75. The maximum Gasteiger partial charge on any atom is 0.419 e. The van der Waals surface area contributed by atoms with Crippen LogP contribution in [0.5, 0.6) is 5.75 Å². The van der Waals surface area contributed by atoms with Crippen molar-refractivity contribution in [3.8, 4) is 5.75 Å². The Morgan fingerprint density at radius 1 is 1.17 bits per heavy atom. The predicted molar refractivity (Wildman–Crippen MR) is 137 cm³/mol. The number of anilines is 2. The number of ether oxygens (including phenoxy) is 1. The first-order valence-corrected chi connectivity index (χ1v) is 12.2. The summed E-state index contributed by atoms with van der Waals surface area (Å²) in [6.07, 6.45) is 3.63. The first-order chi connectivity index (χ1) is 16.9. The lowest BCUT2D eigenvalue weighted by molar-refractivity contribution is -0.117. The smallest absolute Gasteiger partial charge is 0.410 e. The van der Waals surface area contributed by atoms with E-state index in [-0.39, 0.29) is 17.9 Å². The van der Waals surface area contributed by atoms with Crippen LogP contribution in [0, 0.1) is 0 Å². The van der Waals surface area contributed by atoms with Crippen molar-refractivity contribution in [3.05, 3.63) is 60.3 Å². The molecular weight excluding hydrogens is 442 g/mol. The minimum atomic E-state index is -0.492. The molecule has 1 fully saturated rings. The van der Waals surface area contributed by atoms with E-state index in [1.54, 1.807) is 35.1 Å². The van der Waals surface area contributed by atoms with Gasteiger partial charge in [-0.2, -0.15) is 0 Å². The van der Waals surface area contributed by atoms with E-state index in [0.717, 1.165) is 23.0 Å². The molecule has 1 saturated carbocycles. The Hall–Kier alpha value is -3.49. The molecule has 5 rings (SSSR count). The van der Waals surface area contributed by atoms with E-state index in [4.69, 9.17) is 10.5 Å². The van der Waals surface area contributed by atoms with Gasteiger partial charge in [-0.1, -0.05) is 12.1 Å². The summed E-state index contributed by atoms with van der Waals surface area (Å²) in [5, 5.41) is 4.52. The van der Waals surface area contributed by atoms with Gasteiger partial charge in [0.1, 0.15) is 5.75 Å². The molecule has 1 aliphatic carbocycles. The molecule has 2 amide bonds. The van der Waals surface area contributed by atoms with Crippen LogP contribution >= 0.6 is 0 Å². The van der Waals surface area contributed by atoms with Gasteiger partial charge in [0.05, 0.1) is 22.9 Å². The number of carbonyl (C=O) groups excluding carboxylic acids is 2. The molecule has 2 aromatic carbocycles. The Bertz CT molecular complexity index is 1260. The van der Waals surface area contributed by atoms with Gasteiger partial charge in [0.25, 0.3) is 0 Å². The number of benzene rings is 2. The van der Waals surface area contributed by atoms with Crippen molar-refractivity contribution in [1.82, 2.24) is 10.3 Å². The molecule has 3 N–H and O–H groups in total. The molecule has 1 unspecified atom stereocenters. The highest BCUT2D eigenvalue weighted by molar-refractivity contribution is 6.02. The first-order valence-electron chi connectivity index (χ1n) is 12.2. The van der Waals surface area contributed by atoms with Gasteiger partial charge in [-0.25, -0.2) is 4.79 Å². The van der Waals surface area contributed by atoms with Crippen molar-refractivity contribution < 1.29 is 14.3 Å². The number of rotatable bonds is 6. The van der Waals surface area contributed by atoms with Gasteiger partial charge < -0.3 is 20.7 Å². The minimum absolute atomic E-state index is 0.0640. The fourth-order valence-electron chi connectivity index (χ4n) is 4.75. The second kappa shape index (κ2) is 9.64. The number of nitrogens with two attached hydrogens (primary N) is 1. The highest BCUT2D eigenvalue weighted by Crippen LogP contribution is 2.38. The van der Waals surface area contributed by atoms with E-state index in [1.165, 1.54) is 12.8 Å². The fraction of sp³-hybridized carbons (Fsp3) is 0.370. The number of nitrogens with zero attached hydrogens (tertiary/aromatic N) is 3. The van der Waals surface area contributed by atoms with Gasteiger partial charge in [0.15, 0.2) is 0 Å². The van der Waals surface area contributed by atoms with E-state index in [0.29, 0.717) is 36.3 Å². The van der Waals surface area contributed by atoms with Crippen LogP contribution in [-0.2, 0) is 4.79 Å². The van der Waals surface area contributed by atoms with Gasteiger partial charge in [0.2, 0.25) is 5.91 Å². The highest BCUT2D eigenvalue weighted by Gasteiger charge is 2.35. The summed E-state index contributed by atoms with van der Waals surface area (Å²) < 4.78 is 5.78. The third-order valence-corrected chi connectivity index (χ3v) is 6.77. The quantitative estimate of drug-likeness (QED) is 0.565. The molecule has 0 bridgehead atoms. The van der Waals surface area contributed by atoms with Gasteiger partial charge in [0, 0.05) is 56.2 Å². The third kappa shape index (κ3) is 4.85. The Morgan fingerprint density at radius 3 is 2.74 bits per heavy atom. The Labute approximate surface area is 205 Å². The molecule has 8 nitrogen and oxygen atoms in total. The van der Waals surface area contributed by atoms with Crippen LogP contribution in [0.15, 0.2) is 54.7 Å². The van der Waals surface area contributed by atoms with Crippen LogP contribution in [0.25, 0.3) is 10.9 Å². The molecule has 8 heteroatoms. The lowest BCUT2D eigenvalue weighted by atomic mass is 9.96. The maximum absolute atomic E-state index is 13.4. The average Bonchev–Trinajstić information content (AvgIpc) is 3.68. The summed E-state index contributed by atoms with van der Waals surface area (Å²) >= 11 is 0. The largest absolute Gasteiger partial charge is 0.419 e. The lowest BCUT2D eigenvalue weighted by Gasteiger charge is -2.40. The average molecular weight is 474 g/mol. The number of fused-ring (bicyclic) bond motifs is 2. The lowest BCUT2D eigenvalue weighted by Crippen LogP contribution is -2.52. The van der Waals surface area contributed by atoms with Crippen molar-refractivity contribution in [2.24, 2.45) is 5.73 Å². The Balaban J connectivity index is 1.46. The SMILES string of the molecule is CC(=O)N1c2ccc(C(CN)CNC3CC3)cc2N(C(=O)Oc2ccc3cccnc3c2)C[C@@H]1C. The molecule has 2 heterocycles. The summed E-state index contributed by atoms with van der Waals surface area (Å²) in [5.41, 5.74) is 9.25. The molecule has 2 atom stereocenters. The standard InChI is InChI=1S/C27H31N5O3/c1-17-16-31(27(34)35-23-9-5-19-4-3-11-29-24(19)13-23)26-12-20(6-10-25(26)32(17)18(2)33)21(14-28)15-30-22-7-8-22/h3-6,9-13,17,21-22,30H,7-8,14-16,28H2,1-2H3/t17-,21?/m0/s1. The molecule has 35 heavy (non-hydrogen) atoms. The highest BCUT2D eigenvalue weighted by atomic mass is 16.6. The van der Waals surface area contributed by atoms with Crippen LogP contribution in [0.2, 0.25) is 0 Å². The van der Waals surface area contributed by atoms with E-state index in [2.05, 4.69) is 10.3 Å². The topological polar surface area (TPSA) is 101 Å². The number of aromatic nitrogens is 1. The molecule has 3 aromatic rings. The van der Waals surface area contributed by atoms with Crippen molar-refractivity contribution in [2.75, 3.05) is 29.4 Å². The molecule has 1 aromatic heterocycles. The monoisotopic (exact) mass is 473 g/mol. The summed E-state index contributed by atoms with van der Waals surface area (Å²) in [4.78, 5) is 33.6. The predicted octanol–water partition coefficient (Wildman–Crippen LogP) is 3.79. The number of pyridine rings is 1. The van der Waals surface area contributed by atoms with Gasteiger partial charge in [-0.05, 0) is 55.7 Å². The van der Waals surface area contributed by atoms with Crippen LogP contribution < -0.4 is 25.6 Å². The Morgan fingerprint density at radius 2 is 2.00 bits per heavy atom. The van der Waals surface area contributed by atoms with Crippen molar-refractivity contribution in [3.63, 3.8) is 0 Å². The molecule has 0 spiro atoms. The zero-order chi connectivity index (χ0) is 24.5. The minimum Gasteiger partial charge on any atom is -0.410 e. The normalized spacial score (nSPS) is 18.3. The molecular formula is C27H31N5O3. The number of carbonyl (C=O) groups is 2. The van der Waals surface area contributed by atoms with Crippen LogP contribution in [0.3, 0.4) is 0 Å². The van der Waals surface area contributed by atoms with E-state index < -0.39 is 6.09 Å². The summed E-state index contributed by atoms with van der Waals surface area (Å²) in [6, 6.07) is 15.5. The second-order valence-electron chi connectivity index (χ2n) is 9.44. The molecule has 1 aliphatic heterocycles. The first kappa shape index (κ1) is 23.3. The van der Waals surface area contributed by atoms with E-state index in [9.17, 15) is 9.59 Å². The molecule has 182 valence electrons. The zero-order valence-corrected chi connectivity index (χ0v) is 20.1. The number of hydrogen-bond donors (Lipinski definition) is 2. The van der Waals surface area contributed by atoms with Gasteiger partial charge >= 0.3 is 6.09 Å². The zero-order valence-electron chi connectivity index (χ0n) is 20.1. The molecule has 0 radical (unpaired) electrons. The summed E-state index contributed by atoms with van der Waals surface area (Å²) in [7, 11) is 0.